The summed E-state index contributed by atoms with van der Waals surface area (Å²) in [5.74, 6) is 0.115. The Morgan fingerprint density at radius 1 is 1.50 bits per heavy atom. The maximum Gasteiger partial charge on any atom is 0.311 e. The number of benzene rings is 1. The van der Waals surface area contributed by atoms with Crippen LogP contribution in [-0.2, 0) is 4.79 Å². The number of carbonyl (C=O) groups is 1. The molecule has 0 aliphatic heterocycles. The maximum atomic E-state index is 11.4. The zero-order valence-corrected chi connectivity index (χ0v) is 11.0. The summed E-state index contributed by atoms with van der Waals surface area (Å²) < 4.78 is 5.23. The molecule has 1 aliphatic carbocycles. The maximum absolute atomic E-state index is 11.4. The fourth-order valence-electron chi connectivity index (χ4n) is 2.60. The van der Waals surface area contributed by atoms with Gasteiger partial charge in [-0.2, -0.15) is 0 Å². The van der Waals surface area contributed by atoms with E-state index in [1.165, 1.54) is 0 Å². The highest BCUT2D eigenvalue weighted by Crippen LogP contribution is 2.55. The molecular weight excluding hydrogens is 230 g/mol. The van der Waals surface area contributed by atoms with Gasteiger partial charge in [-0.3, -0.25) is 4.79 Å². The van der Waals surface area contributed by atoms with Gasteiger partial charge >= 0.3 is 5.97 Å². The van der Waals surface area contributed by atoms with Crippen LogP contribution in [-0.4, -0.2) is 25.2 Å². The molecule has 0 heterocycles. The summed E-state index contributed by atoms with van der Waals surface area (Å²) in [6.45, 7) is 1.97. The van der Waals surface area contributed by atoms with Crippen molar-refractivity contribution < 1.29 is 14.6 Å². The molecule has 0 amide bonds. The Balaban J connectivity index is 2.34. The normalized spacial score (nSPS) is 18.2. The molecule has 1 unspecified atom stereocenters. The molecule has 1 aliphatic rings. The Bertz CT molecular complexity index is 466. The van der Waals surface area contributed by atoms with Crippen molar-refractivity contribution in [2.75, 3.05) is 14.2 Å². The van der Waals surface area contributed by atoms with E-state index in [1.807, 2.05) is 32.2 Å². The van der Waals surface area contributed by atoms with Crippen molar-refractivity contribution >= 4 is 5.97 Å². The smallest absolute Gasteiger partial charge is 0.311 e. The first-order chi connectivity index (χ1) is 8.55. The molecule has 18 heavy (non-hydrogen) atoms. The number of nitrogens with one attached hydrogen (secondary N) is 1. The molecule has 4 heteroatoms. The summed E-state index contributed by atoms with van der Waals surface area (Å²) in [6.07, 6.45) is 1.47. The molecule has 1 fully saturated rings. The Hall–Kier alpha value is -1.55. The molecule has 1 saturated carbocycles. The largest absolute Gasteiger partial charge is 0.496 e. The van der Waals surface area contributed by atoms with Gasteiger partial charge in [-0.05, 0) is 44.0 Å². The van der Waals surface area contributed by atoms with Gasteiger partial charge in [-0.1, -0.05) is 12.1 Å². The minimum absolute atomic E-state index is 0.139. The number of aryl methyl sites for hydroxylation is 1. The number of hydrogen-bond acceptors (Lipinski definition) is 3. The Morgan fingerprint density at radius 2 is 2.17 bits per heavy atom. The molecule has 0 saturated heterocycles. The quantitative estimate of drug-likeness (QED) is 0.839. The van der Waals surface area contributed by atoms with Crippen LogP contribution in [0.2, 0.25) is 0 Å². The highest BCUT2D eigenvalue weighted by atomic mass is 16.5. The molecule has 4 nitrogen and oxygen atoms in total. The number of aliphatic carboxylic acids is 1. The molecule has 0 aromatic heterocycles. The Kier molecular flexibility index (Phi) is 3.30. The van der Waals surface area contributed by atoms with Gasteiger partial charge in [-0.25, -0.2) is 0 Å². The first kappa shape index (κ1) is 12.9. The van der Waals surface area contributed by atoms with Crippen LogP contribution >= 0.6 is 0 Å². The van der Waals surface area contributed by atoms with Gasteiger partial charge in [0.15, 0.2) is 0 Å². The second kappa shape index (κ2) is 4.61. The van der Waals surface area contributed by atoms with Crippen LogP contribution in [0.4, 0.5) is 0 Å². The number of carboxylic acid groups (broad SMARTS) is 1. The zero-order valence-electron chi connectivity index (χ0n) is 11.0. The highest BCUT2D eigenvalue weighted by Gasteiger charge is 2.56. The topological polar surface area (TPSA) is 58.6 Å². The molecule has 1 aromatic carbocycles. The first-order valence-electron chi connectivity index (χ1n) is 6.10. The number of rotatable bonds is 5. The minimum atomic E-state index is -0.713. The summed E-state index contributed by atoms with van der Waals surface area (Å²) in [5.41, 5.74) is 1.41. The van der Waals surface area contributed by atoms with Gasteiger partial charge in [0.2, 0.25) is 0 Å². The van der Waals surface area contributed by atoms with E-state index in [9.17, 15) is 9.90 Å². The second-order valence-corrected chi connectivity index (χ2v) is 4.91. The van der Waals surface area contributed by atoms with Crippen LogP contribution in [0.25, 0.3) is 0 Å². The van der Waals surface area contributed by atoms with E-state index in [1.54, 1.807) is 7.11 Å². The van der Waals surface area contributed by atoms with Gasteiger partial charge in [0.25, 0.3) is 0 Å². The lowest BCUT2D eigenvalue weighted by Crippen LogP contribution is -2.32. The van der Waals surface area contributed by atoms with Crippen molar-refractivity contribution in [1.82, 2.24) is 5.32 Å². The molecule has 98 valence electrons. The monoisotopic (exact) mass is 249 g/mol. The van der Waals surface area contributed by atoms with Gasteiger partial charge in [0.1, 0.15) is 5.75 Å². The van der Waals surface area contributed by atoms with E-state index >= 15 is 0 Å². The van der Waals surface area contributed by atoms with Gasteiger partial charge in [-0.15, -0.1) is 0 Å². The van der Waals surface area contributed by atoms with Crippen molar-refractivity contribution in [2.24, 2.45) is 5.41 Å². The van der Waals surface area contributed by atoms with E-state index in [-0.39, 0.29) is 6.04 Å². The summed E-state index contributed by atoms with van der Waals surface area (Å²) in [7, 11) is 3.45. The average Bonchev–Trinajstić information content (AvgIpc) is 3.12. The van der Waals surface area contributed by atoms with Crippen molar-refractivity contribution in [3.63, 3.8) is 0 Å². The van der Waals surface area contributed by atoms with Gasteiger partial charge in [0, 0.05) is 6.04 Å². The van der Waals surface area contributed by atoms with Crippen molar-refractivity contribution in [3.8, 4) is 5.75 Å². The standard InChI is InChI=1S/C14H19NO3/c1-9-8-10(4-5-11(9)18-3)12(15-2)14(6-7-14)13(16)17/h4-5,8,12,15H,6-7H2,1-3H3,(H,16,17). The fraction of sp³-hybridized carbons (Fsp3) is 0.500. The molecule has 2 rings (SSSR count). The summed E-state index contributed by atoms with van der Waals surface area (Å²) in [4.78, 5) is 11.4. The first-order valence-corrected chi connectivity index (χ1v) is 6.10. The molecule has 0 radical (unpaired) electrons. The predicted molar refractivity (Wildman–Crippen MR) is 68.8 cm³/mol. The predicted octanol–water partition coefficient (Wildman–Crippen LogP) is 2.13. The van der Waals surface area contributed by atoms with Crippen molar-refractivity contribution in [3.05, 3.63) is 29.3 Å². The lowest BCUT2D eigenvalue weighted by atomic mass is 9.89. The van der Waals surface area contributed by atoms with Crippen LogP contribution in [0.1, 0.15) is 30.0 Å². The Labute approximate surface area is 107 Å². The van der Waals surface area contributed by atoms with Crippen LogP contribution < -0.4 is 10.1 Å². The fourth-order valence-corrected chi connectivity index (χ4v) is 2.60. The van der Waals surface area contributed by atoms with Crippen LogP contribution in [0.15, 0.2) is 18.2 Å². The third kappa shape index (κ3) is 1.97. The number of hydrogen-bond donors (Lipinski definition) is 2. The van der Waals surface area contributed by atoms with E-state index in [0.29, 0.717) is 0 Å². The number of ether oxygens (including phenoxy) is 1. The van der Waals surface area contributed by atoms with E-state index in [4.69, 9.17) is 4.74 Å². The lowest BCUT2D eigenvalue weighted by molar-refractivity contribution is -0.144. The SMILES string of the molecule is CNC(c1ccc(OC)c(C)c1)C1(C(=O)O)CC1. The molecule has 0 spiro atoms. The van der Waals surface area contributed by atoms with Crippen LogP contribution in [0, 0.1) is 12.3 Å². The van der Waals surface area contributed by atoms with Gasteiger partial charge in [0.05, 0.1) is 12.5 Å². The third-order valence-electron chi connectivity index (χ3n) is 3.81. The third-order valence-corrected chi connectivity index (χ3v) is 3.81. The van der Waals surface area contributed by atoms with Gasteiger partial charge < -0.3 is 15.2 Å². The molecule has 2 N–H and O–H groups in total. The second-order valence-electron chi connectivity index (χ2n) is 4.91. The molecule has 1 atom stereocenters. The zero-order chi connectivity index (χ0) is 13.3. The Morgan fingerprint density at radius 3 is 2.56 bits per heavy atom. The van der Waals surface area contributed by atoms with E-state index in [2.05, 4.69) is 5.32 Å². The molecular formula is C14H19NO3. The van der Waals surface area contributed by atoms with Crippen LogP contribution in [0.3, 0.4) is 0 Å². The van der Waals surface area contributed by atoms with E-state index < -0.39 is 11.4 Å². The molecule has 0 bridgehead atoms. The van der Waals surface area contributed by atoms with E-state index in [0.717, 1.165) is 29.7 Å². The molecule has 1 aromatic rings. The summed E-state index contributed by atoms with van der Waals surface area (Å²) in [5, 5.41) is 12.5. The summed E-state index contributed by atoms with van der Waals surface area (Å²) in [6, 6.07) is 5.70. The summed E-state index contributed by atoms with van der Waals surface area (Å²) >= 11 is 0. The number of carboxylic acids is 1. The van der Waals surface area contributed by atoms with Crippen LogP contribution in [0.5, 0.6) is 5.75 Å². The highest BCUT2D eigenvalue weighted by molar-refractivity contribution is 5.79. The number of methoxy groups -OCH3 is 1. The lowest BCUT2D eigenvalue weighted by Gasteiger charge is -2.24. The van der Waals surface area contributed by atoms with Crippen molar-refractivity contribution in [2.45, 2.75) is 25.8 Å². The average molecular weight is 249 g/mol. The minimum Gasteiger partial charge on any atom is -0.496 e. The van der Waals surface area contributed by atoms with Crippen molar-refractivity contribution in [1.29, 1.82) is 0 Å².